The quantitative estimate of drug-likeness (QED) is 0.308. The van der Waals surface area contributed by atoms with Crippen molar-refractivity contribution >= 4 is 21.9 Å². The number of rotatable bonds is 6. The molecule has 0 saturated carbocycles. The molecule has 0 aliphatic rings. The highest BCUT2D eigenvalue weighted by atomic mass is 16.5. The van der Waals surface area contributed by atoms with Crippen molar-refractivity contribution in [1.82, 2.24) is 0 Å². The van der Waals surface area contributed by atoms with E-state index < -0.39 is 11.3 Å². The molecule has 0 N–H and O–H groups in total. The van der Waals surface area contributed by atoms with Crippen molar-refractivity contribution in [3.63, 3.8) is 0 Å². The van der Waals surface area contributed by atoms with Crippen LogP contribution in [0.1, 0.15) is 22.3 Å². The highest BCUT2D eigenvalue weighted by Gasteiger charge is 2.09. The van der Waals surface area contributed by atoms with E-state index in [2.05, 4.69) is 0 Å². The van der Waals surface area contributed by atoms with Crippen LogP contribution in [0.4, 0.5) is 0 Å². The van der Waals surface area contributed by atoms with Gasteiger partial charge in [-0.25, -0.2) is 9.59 Å². The molecule has 0 unspecified atom stereocenters. The molecule has 0 amide bonds. The lowest BCUT2D eigenvalue weighted by atomic mass is 10.1. The molecule has 0 atom stereocenters. The summed E-state index contributed by atoms with van der Waals surface area (Å²) in [5.74, 6) is 1.19. The van der Waals surface area contributed by atoms with Gasteiger partial charge in [0, 0.05) is 40.1 Å². The molecule has 5 rings (SSSR count). The first kappa shape index (κ1) is 21.5. The van der Waals surface area contributed by atoms with Gasteiger partial charge in [-0.15, -0.1) is 0 Å². The maximum absolute atomic E-state index is 12.0. The fraction of sp³-hybridized carbons (Fsp3) is 0.143. The van der Waals surface area contributed by atoms with Gasteiger partial charge in [0.25, 0.3) is 0 Å². The van der Waals surface area contributed by atoms with E-state index in [1.54, 1.807) is 6.07 Å². The van der Waals surface area contributed by atoms with Gasteiger partial charge >= 0.3 is 11.3 Å². The van der Waals surface area contributed by atoms with Crippen molar-refractivity contribution < 1.29 is 18.3 Å². The third-order valence-corrected chi connectivity index (χ3v) is 5.57. The predicted molar refractivity (Wildman–Crippen MR) is 130 cm³/mol. The molecule has 0 spiro atoms. The van der Waals surface area contributed by atoms with Crippen molar-refractivity contribution in [3.8, 4) is 11.5 Å². The van der Waals surface area contributed by atoms with Crippen molar-refractivity contribution in [2.45, 2.75) is 27.1 Å². The first-order chi connectivity index (χ1) is 16.4. The highest BCUT2D eigenvalue weighted by Crippen LogP contribution is 2.25. The normalized spacial score (nSPS) is 11.1. The van der Waals surface area contributed by atoms with Crippen molar-refractivity contribution in [1.29, 1.82) is 0 Å². The molecule has 6 nitrogen and oxygen atoms in total. The van der Waals surface area contributed by atoms with Crippen LogP contribution in [0.3, 0.4) is 0 Å². The Labute approximate surface area is 195 Å². The third-order valence-electron chi connectivity index (χ3n) is 5.57. The van der Waals surface area contributed by atoms with E-state index in [0.29, 0.717) is 22.7 Å². The minimum atomic E-state index is -0.413. The zero-order valence-electron chi connectivity index (χ0n) is 18.8. The topological polar surface area (TPSA) is 78.9 Å². The number of aryl methyl sites for hydroxylation is 2. The number of hydrogen-bond donors (Lipinski definition) is 0. The Morgan fingerprint density at radius 1 is 0.618 bits per heavy atom. The molecule has 0 bridgehead atoms. The van der Waals surface area contributed by atoms with E-state index in [9.17, 15) is 9.59 Å². The average Bonchev–Trinajstić information content (AvgIpc) is 2.80. The first-order valence-corrected chi connectivity index (χ1v) is 10.9. The van der Waals surface area contributed by atoms with E-state index in [0.717, 1.165) is 33.0 Å². The highest BCUT2D eigenvalue weighted by molar-refractivity contribution is 5.81. The molecular weight excluding hydrogens is 432 g/mol. The summed E-state index contributed by atoms with van der Waals surface area (Å²) in [6, 6.07) is 21.6. The molecule has 2 heterocycles. The van der Waals surface area contributed by atoms with Gasteiger partial charge in [-0.3, -0.25) is 0 Å². The molecule has 2 aromatic heterocycles. The lowest BCUT2D eigenvalue weighted by molar-refractivity contribution is 0.290. The van der Waals surface area contributed by atoms with Crippen LogP contribution in [0.5, 0.6) is 11.5 Å². The van der Waals surface area contributed by atoms with E-state index in [1.807, 2.05) is 68.4 Å². The van der Waals surface area contributed by atoms with Crippen molar-refractivity contribution in [2.24, 2.45) is 0 Å². The smallest absolute Gasteiger partial charge is 0.336 e. The van der Waals surface area contributed by atoms with Crippen LogP contribution in [-0.4, -0.2) is 0 Å². The summed E-state index contributed by atoms with van der Waals surface area (Å²) >= 11 is 0. The van der Waals surface area contributed by atoms with E-state index in [-0.39, 0.29) is 13.2 Å². The minimum absolute atomic E-state index is 0.207. The van der Waals surface area contributed by atoms with Gasteiger partial charge < -0.3 is 18.3 Å². The van der Waals surface area contributed by atoms with Gasteiger partial charge in [0.05, 0.1) is 0 Å². The van der Waals surface area contributed by atoms with Gasteiger partial charge in [0.15, 0.2) is 0 Å². The number of ether oxygens (including phenoxy) is 2. The van der Waals surface area contributed by atoms with Gasteiger partial charge in [-0.1, -0.05) is 30.3 Å². The minimum Gasteiger partial charge on any atom is -0.489 e. The molecular formula is C28H22O6. The molecule has 0 fully saturated rings. The Hall–Kier alpha value is -4.32. The molecule has 0 aliphatic carbocycles. The Kier molecular flexibility index (Phi) is 5.64. The predicted octanol–water partition coefficient (Wildman–Crippen LogP) is 5.67. The van der Waals surface area contributed by atoms with Crippen LogP contribution in [-0.2, 0) is 13.2 Å². The molecule has 0 radical (unpaired) electrons. The SMILES string of the molecule is Cc1ccc2c(COc3cccc(OCc4cc(=O)oc5cc(C)ccc45)c3)cc(=O)oc2c1. The summed E-state index contributed by atoms with van der Waals surface area (Å²) in [6.45, 7) is 4.30. The first-order valence-electron chi connectivity index (χ1n) is 10.9. The summed E-state index contributed by atoms with van der Waals surface area (Å²) in [4.78, 5) is 23.9. The zero-order valence-corrected chi connectivity index (χ0v) is 18.8. The second-order valence-electron chi connectivity index (χ2n) is 8.23. The summed E-state index contributed by atoms with van der Waals surface area (Å²) < 4.78 is 22.5. The summed E-state index contributed by atoms with van der Waals surface area (Å²) in [5, 5.41) is 1.67. The standard InChI is InChI=1S/C28H22O6/c1-17-6-8-23-19(12-27(29)33-25(23)10-17)15-31-21-4-3-5-22(14-21)32-16-20-13-28(30)34-26-11-18(2)7-9-24(20)26/h3-14H,15-16H2,1-2H3. The Balaban J connectivity index is 1.34. The Bertz CT molecular complexity index is 1510. The molecule has 170 valence electrons. The largest absolute Gasteiger partial charge is 0.489 e. The molecule has 0 aliphatic heterocycles. The Morgan fingerprint density at radius 3 is 1.56 bits per heavy atom. The molecule has 5 aromatic rings. The lowest BCUT2D eigenvalue weighted by Crippen LogP contribution is -2.05. The van der Waals surface area contributed by atoms with Crippen molar-refractivity contribution in [2.75, 3.05) is 0 Å². The maximum atomic E-state index is 12.0. The zero-order chi connectivity index (χ0) is 23.7. The molecule has 6 heteroatoms. The second kappa shape index (κ2) is 8.90. The summed E-state index contributed by atoms with van der Waals surface area (Å²) in [7, 11) is 0. The van der Waals surface area contributed by atoms with Crippen LogP contribution >= 0.6 is 0 Å². The van der Waals surface area contributed by atoms with E-state index in [1.165, 1.54) is 12.1 Å². The average molecular weight is 454 g/mol. The molecule has 0 saturated heterocycles. The van der Waals surface area contributed by atoms with Gasteiger partial charge in [-0.2, -0.15) is 0 Å². The second-order valence-corrected chi connectivity index (χ2v) is 8.23. The van der Waals surface area contributed by atoms with Gasteiger partial charge in [-0.05, 0) is 49.2 Å². The van der Waals surface area contributed by atoms with Crippen LogP contribution in [0.2, 0.25) is 0 Å². The third kappa shape index (κ3) is 4.57. The molecule has 3 aromatic carbocycles. The maximum Gasteiger partial charge on any atom is 0.336 e. The van der Waals surface area contributed by atoms with Crippen molar-refractivity contribution in [3.05, 3.63) is 116 Å². The van der Waals surface area contributed by atoms with Gasteiger partial charge in [0.1, 0.15) is 35.9 Å². The van der Waals surface area contributed by atoms with E-state index >= 15 is 0 Å². The number of benzene rings is 3. The number of fused-ring (bicyclic) bond motifs is 2. The summed E-state index contributed by atoms with van der Waals surface area (Å²) in [6.07, 6.45) is 0. The van der Waals surface area contributed by atoms with Crippen LogP contribution in [0.25, 0.3) is 21.9 Å². The van der Waals surface area contributed by atoms with Crippen LogP contribution in [0.15, 0.2) is 91.2 Å². The van der Waals surface area contributed by atoms with Crippen LogP contribution in [0, 0.1) is 13.8 Å². The van der Waals surface area contributed by atoms with Gasteiger partial charge in [0.2, 0.25) is 0 Å². The van der Waals surface area contributed by atoms with Crippen LogP contribution < -0.4 is 20.7 Å². The fourth-order valence-corrected chi connectivity index (χ4v) is 3.89. The number of hydrogen-bond acceptors (Lipinski definition) is 6. The lowest BCUT2D eigenvalue weighted by Gasteiger charge is -2.11. The molecule has 34 heavy (non-hydrogen) atoms. The fourth-order valence-electron chi connectivity index (χ4n) is 3.89. The summed E-state index contributed by atoms with van der Waals surface area (Å²) in [5.41, 5.74) is 3.77. The monoisotopic (exact) mass is 454 g/mol. The Morgan fingerprint density at radius 2 is 1.09 bits per heavy atom. The van der Waals surface area contributed by atoms with E-state index in [4.69, 9.17) is 18.3 Å².